The molecule has 7 nitrogen and oxygen atoms in total. The highest BCUT2D eigenvalue weighted by atomic mass is 16.2. The van der Waals surface area contributed by atoms with Gasteiger partial charge in [-0.05, 0) is 26.0 Å². The van der Waals surface area contributed by atoms with E-state index in [-0.39, 0.29) is 18.4 Å². The van der Waals surface area contributed by atoms with Crippen LogP contribution >= 0.6 is 0 Å². The Morgan fingerprint density at radius 2 is 1.84 bits per heavy atom. The molecule has 0 fully saturated rings. The Kier molecular flexibility index (Phi) is 6.30. The number of nitrogens with one attached hydrogen (secondary N) is 3. The molecule has 0 radical (unpaired) electrons. The molecule has 1 aromatic carbocycles. The van der Waals surface area contributed by atoms with Gasteiger partial charge >= 0.3 is 0 Å². The quantitative estimate of drug-likeness (QED) is 0.625. The van der Waals surface area contributed by atoms with E-state index in [0.717, 1.165) is 27.5 Å². The van der Waals surface area contributed by atoms with E-state index in [1.165, 1.54) is 0 Å². The lowest BCUT2D eigenvalue weighted by Crippen LogP contribution is -3.09. The summed E-state index contributed by atoms with van der Waals surface area (Å²) in [4.78, 5) is 24.1. The molecule has 3 N–H and O–H groups in total. The number of para-hydroxylation sites is 1. The first kappa shape index (κ1) is 18.7. The molecule has 0 spiro atoms. The lowest BCUT2D eigenvalue weighted by molar-refractivity contribution is -0.885. The minimum Gasteiger partial charge on any atom is -0.358 e. The maximum absolute atomic E-state index is 11.9. The smallest absolute Gasteiger partial charge is 0.275 e. The Hall–Kier alpha value is -2.67. The second kappa shape index (κ2) is 8.43. The molecule has 1 atom stereocenters. The number of amides is 2. The Morgan fingerprint density at radius 1 is 1.16 bits per heavy atom. The number of hydrogen-bond donors (Lipinski definition) is 3. The van der Waals surface area contributed by atoms with E-state index < -0.39 is 0 Å². The summed E-state index contributed by atoms with van der Waals surface area (Å²) in [5.41, 5.74) is 4.20. The van der Waals surface area contributed by atoms with E-state index in [1.54, 1.807) is 7.05 Å². The Balaban J connectivity index is 2.01. The van der Waals surface area contributed by atoms with Crippen LogP contribution < -0.4 is 15.5 Å². The maximum Gasteiger partial charge on any atom is 0.275 e. The Labute approximate surface area is 148 Å². The van der Waals surface area contributed by atoms with Crippen molar-refractivity contribution in [2.24, 2.45) is 0 Å². The second-order valence-corrected chi connectivity index (χ2v) is 6.16. The highest BCUT2D eigenvalue weighted by Crippen LogP contribution is 2.16. The largest absolute Gasteiger partial charge is 0.358 e. The van der Waals surface area contributed by atoms with E-state index in [2.05, 4.69) is 15.7 Å². The first-order chi connectivity index (χ1) is 11.9. The Bertz CT molecular complexity index is 739. The fourth-order valence-electron chi connectivity index (χ4n) is 2.72. The van der Waals surface area contributed by atoms with Gasteiger partial charge in [0.15, 0.2) is 6.54 Å². The van der Waals surface area contributed by atoms with Crippen molar-refractivity contribution >= 4 is 11.8 Å². The molecule has 0 saturated carbocycles. The zero-order chi connectivity index (χ0) is 18.4. The van der Waals surface area contributed by atoms with Crippen LogP contribution in [-0.2, 0) is 16.1 Å². The van der Waals surface area contributed by atoms with Gasteiger partial charge in [-0.2, -0.15) is 5.10 Å². The van der Waals surface area contributed by atoms with Gasteiger partial charge in [0.1, 0.15) is 6.54 Å². The molecule has 7 heteroatoms. The third-order valence-electron chi connectivity index (χ3n) is 4.11. The van der Waals surface area contributed by atoms with Crippen molar-refractivity contribution in [3.8, 4) is 5.69 Å². The van der Waals surface area contributed by atoms with Crippen molar-refractivity contribution in [3.05, 3.63) is 47.3 Å². The van der Waals surface area contributed by atoms with Crippen LogP contribution in [0.3, 0.4) is 0 Å². The SMILES string of the molecule is CNC(=O)CNC(=O)C[NH+](C)Cc1c(C)nn(-c2ccccc2)c1C. The van der Waals surface area contributed by atoms with Gasteiger partial charge in [0.25, 0.3) is 5.91 Å². The summed E-state index contributed by atoms with van der Waals surface area (Å²) in [7, 11) is 3.50. The predicted molar refractivity (Wildman–Crippen MR) is 95.6 cm³/mol. The van der Waals surface area contributed by atoms with Gasteiger partial charge in [0.2, 0.25) is 5.91 Å². The van der Waals surface area contributed by atoms with Crippen LogP contribution in [0, 0.1) is 13.8 Å². The van der Waals surface area contributed by atoms with E-state index in [0.29, 0.717) is 13.1 Å². The van der Waals surface area contributed by atoms with Crippen LogP contribution in [0.25, 0.3) is 5.69 Å². The summed E-state index contributed by atoms with van der Waals surface area (Å²) in [5.74, 6) is -0.353. The van der Waals surface area contributed by atoms with Gasteiger partial charge in [-0.25, -0.2) is 4.68 Å². The number of aryl methyl sites for hydroxylation is 1. The number of nitrogens with zero attached hydrogens (tertiary/aromatic N) is 2. The summed E-state index contributed by atoms with van der Waals surface area (Å²) in [5, 5.41) is 9.73. The van der Waals surface area contributed by atoms with E-state index in [9.17, 15) is 9.59 Å². The lowest BCUT2D eigenvalue weighted by Gasteiger charge is -2.14. The zero-order valence-corrected chi connectivity index (χ0v) is 15.2. The predicted octanol–water partition coefficient (Wildman–Crippen LogP) is -0.634. The van der Waals surface area contributed by atoms with Crippen molar-refractivity contribution in [3.63, 3.8) is 0 Å². The topological polar surface area (TPSA) is 80.5 Å². The molecule has 0 bridgehead atoms. The minimum absolute atomic E-state index is 0.00656. The first-order valence-electron chi connectivity index (χ1n) is 8.31. The minimum atomic E-state index is -0.207. The summed E-state index contributed by atoms with van der Waals surface area (Å²) in [6.07, 6.45) is 0. The highest BCUT2D eigenvalue weighted by molar-refractivity contribution is 5.84. The van der Waals surface area contributed by atoms with Crippen molar-refractivity contribution in [1.29, 1.82) is 0 Å². The van der Waals surface area contributed by atoms with E-state index in [4.69, 9.17) is 0 Å². The van der Waals surface area contributed by atoms with Crippen LogP contribution in [0.5, 0.6) is 0 Å². The third kappa shape index (κ3) is 4.90. The molecule has 2 amide bonds. The number of likely N-dealkylation sites (N-methyl/N-ethyl adjacent to an activating group) is 2. The van der Waals surface area contributed by atoms with Crippen molar-refractivity contribution in [2.75, 3.05) is 27.2 Å². The number of aromatic nitrogens is 2. The fourth-order valence-corrected chi connectivity index (χ4v) is 2.72. The fraction of sp³-hybridized carbons (Fsp3) is 0.389. The first-order valence-corrected chi connectivity index (χ1v) is 8.31. The van der Waals surface area contributed by atoms with Crippen LogP contribution in [0.15, 0.2) is 30.3 Å². The van der Waals surface area contributed by atoms with Gasteiger partial charge in [0.05, 0.1) is 36.2 Å². The molecule has 2 aromatic rings. The molecular formula is C18H26N5O2+. The van der Waals surface area contributed by atoms with Crippen LogP contribution in [0.2, 0.25) is 0 Å². The standard InChI is InChI=1S/C18H25N5O2/c1-13-16(11-22(4)12-18(25)20-10-17(24)19-3)14(2)23(21-13)15-8-6-5-7-9-15/h5-9H,10-12H2,1-4H3,(H,19,24)(H,20,25)/p+1. The molecule has 25 heavy (non-hydrogen) atoms. The number of hydrogen-bond acceptors (Lipinski definition) is 3. The van der Waals surface area contributed by atoms with Crippen molar-refractivity contribution < 1.29 is 14.5 Å². The molecule has 0 aliphatic carbocycles. The van der Waals surface area contributed by atoms with E-state index in [1.807, 2.05) is 55.9 Å². The summed E-state index contributed by atoms with van der Waals surface area (Å²) in [6, 6.07) is 9.99. The van der Waals surface area contributed by atoms with Crippen LogP contribution in [-0.4, -0.2) is 48.8 Å². The van der Waals surface area contributed by atoms with Gasteiger partial charge in [0, 0.05) is 7.05 Å². The Morgan fingerprint density at radius 3 is 2.48 bits per heavy atom. The molecule has 2 rings (SSSR count). The van der Waals surface area contributed by atoms with Gasteiger partial charge < -0.3 is 15.5 Å². The lowest BCUT2D eigenvalue weighted by atomic mass is 10.2. The van der Waals surface area contributed by atoms with Crippen LogP contribution in [0.1, 0.15) is 17.0 Å². The molecular weight excluding hydrogens is 318 g/mol. The van der Waals surface area contributed by atoms with Gasteiger partial charge in [-0.3, -0.25) is 9.59 Å². The summed E-state index contributed by atoms with van der Waals surface area (Å²) >= 11 is 0. The van der Waals surface area contributed by atoms with Crippen molar-refractivity contribution in [1.82, 2.24) is 20.4 Å². The monoisotopic (exact) mass is 344 g/mol. The second-order valence-electron chi connectivity index (χ2n) is 6.16. The molecule has 1 heterocycles. The average Bonchev–Trinajstić information content (AvgIpc) is 2.88. The van der Waals surface area contributed by atoms with Crippen molar-refractivity contribution in [2.45, 2.75) is 20.4 Å². The average molecular weight is 344 g/mol. The number of carbonyl (C=O) groups excluding carboxylic acids is 2. The molecule has 1 unspecified atom stereocenters. The summed E-state index contributed by atoms with van der Waals surface area (Å²) in [6.45, 7) is 5.03. The third-order valence-corrected chi connectivity index (χ3v) is 4.11. The molecule has 0 saturated heterocycles. The van der Waals surface area contributed by atoms with E-state index >= 15 is 0 Å². The van der Waals surface area contributed by atoms with Crippen LogP contribution in [0.4, 0.5) is 0 Å². The van der Waals surface area contributed by atoms with Gasteiger partial charge in [-0.1, -0.05) is 18.2 Å². The molecule has 134 valence electrons. The number of benzene rings is 1. The zero-order valence-electron chi connectivity index (χ0n) is 15.2. The maximum atomic E-state index is 11.9. The highest BCUT2D eigenvalue weighted by Gasteiger charge is 2.18. The molecule has 0 aliphatic heterocycles. The number of quaternary nitrogens is 1. The van der Waals surface area contributed by atoms with Gasteiger partial charge in [-0.15, -0.1) is 0 Å². The molecule has 0 aliphatic rings. The molecule has 1 aromatic heterocycles. The normalized spacial score (nSPS) is 11.8. The number of carbonyl (C=O) groups is 2. The number of rotatable bonds is 7. The summed E-state index contributed by atoms with van der Waals surface area (Å²) < 4.78 is 1.93.